The number of ether oxygens (including phenoxy) is 2. The highest BCUT2D eigenvalue weighted by molar-refractivity contribution is 5.73. The van der Waals surface area contributed by atoms with Crippen LogP contribution in [0.1, 0.15) is 105 Å². The number of carbonyl (C=O) groups is 2. The highest BCUT2D eigenvalue weighted by Crippen LogP contribution is 2.19. The molecule has 26 heavy (non-hydrogen) atoms. The fourth-order valence-corrected chi connectivity index (χ4v) is 3.04. The Morgan fingerprint density at radius 3 is 1.62 bits per heavy atom. The van der Waals surface area contributed by atoms with E-state index in [1.54, 1.807) is 0 Å². The maximum absolute atomic E-state index is 12.5. The lowest BCUT2D eigenvalue weighted by Crippen LogP contribution is -2.30. The van der Waals surface area contributed by atoms with Crippen molar-refractivity contribution in [2.45, 2.75) is 111 Å². The van der Waals surface area contributed by atoms with Crippen molar-refractivity contribution in [3.05, 3.63) is 0 Å². The van der Waals surface area contributed by atoms with Crippen LogP contribution in [0.4, 0.5) is 0 Å². The lowest BCUT2D eigenvalue weighted by molar-refractivity contribution is -0.165. The second kappa shape index (κ2) is 16.1. The molecule has 0 bridgehead atoms. The van der Waals surface area contributed by atoms with E-state index < -0.39 is 0 Å². The maximum Gasteiger partial charge on any atom is 0.309 e. The summed E-state index contributed by atoms with van der Waals surface area (Å²) in [5.41, 5.74) is 0. The SMILES string of the molecule is CCCCC(COC(=O)C(CC)CCCC)OC(=O)C(CC)CCCC. The zero-order valence-electron chi connectivity index (χ0n) is 17.9. The summed E-state index contributed by atoms with van der Waals surface area (Å²) in [5, 5.41) is 0. The first-order valence-electron chi connectivity index (χ1n) is 10.9. The van der Waals surface area contributed by atoms with Crippen LogP contribution in [0.2, 0.25) is 0 Å². The predicted molar refractivity (Wildman–Crippen MR) is 107 cm³/mol. The molecule has 0 aliphatic rings. The summed E-state index contributed by atoms with van der Waals surface area (Å²) in [6, 6.07) is 0. The van der Waals surface area contributed by atoms with Gasteiger partial charge in [-0.15, -0.1) is 0 Å². The Morgan fingerprint density at radius 1 is 0.692 bits per heavy atom. The first-order valence-corrected chi connectivity index (χ1v) is 10.9. The molecule has 0 fully saturated rings. The number of unbranched alkanes of at least 4 members (excludes halogenated alkanes) is 3. The smallest absolute Gasteiger partial charge is 0.309 e. The maximum atomic E-state index is 12.5. The van der Waals surface area contributed by atoms with Crippen LogP contribution in [0.5, 0.6) is 0 Å². The minimum absolute atomic E-state index is 0.0366. The molecule has 0 rings (SSSR count). The predicted octanol–water partition coefficient (Wildman–Crippen LogP) is 6.06. The van der Waals surface area contributed by atoms with Gasteiger partial charge in [-0.25, -0.2) is 0 Å². The summed E-state index contributed by atoms with van der Waals surface area (Å²) < 4.78 is 11.3. The third kappa shape index (κ3) is 10.8. The third-order valence-electron chi connectivity index (χ3n) is 5.04. The molecule has 3 unspecified atom stereocenters. The number of carbonyl (C=O) groups excluding carboxylic acids is 2. The molecule has 0 saturated carbocycles. The Morgan fingerprint density at radius 2 is 1.15 bits per heavy atom. The molecule has 154 valence electrons. The first kappa shape index (κ1) is 24.9. The number of rotatable bonds is 16. The van der Waals surface area contributed by atoms with E-state index in [1.165, 1.54) is 0 Å². The third-order valence-corrected chi connectivity index (χ3v) is 5.04. The summed E-state index contributed by atoms with van der Waals surface area (Å²) in [5.74, 6) is -0.346. The lowest BCUT2D eigenvalue weighted by atomic mass is 9.99. The van der Waals surface area contributed by atoms with Crippen LogP contribution in [0.3, 0.4) is 0 Å². The minimum Gasteiger partial charge on any atom is -0.462 e. The van der Waals surface area contributed by atoms with Gasteiger partial charge in [0.1, 0.15) is 12.7 Å². The Bertz CT molecular complexity index is 367. The number of hydrogen-bond donors (Lipinski definition) is 0. The number of esters is 2. The van der Waals surface area contributed by atoms with Crippen LogP contribution in [0.25, 0.3) is 0 Å². The summed E-state index contributed by atoms with van der Waals surface area (Å²) >= 11 is 0. The van der Waals surface area contributed by atoms with Crippen LogP contribution in [-0.4, -0.2) is 24.6 Å². The topological polar surface area (TPSA) is 52.6 Å². The van der Waals surface area contributed by atoms with Gasteiger partial charge in [0.15, 0.2) is 0 Å². The summed E-state index contributed by atoms with van der Waals surface area (Å²) in [7, 11) is 0. The van der Waals surface area contributed by atoms with Crippen molar-refractivity contribution in [2.75, 3.05) is 6.61 Å². The highest BCUT2D eigenvalue weighted by Gasteiger charge is 2.24. The molecule has 0 saturated heterocycles. The Hall–Kier alpha value is -1.06. The van der Waals surface area contributed by atoms with Gasteiger partial charge < -0.3 is 9.47 Å². The van der Waals surface area contributed by atoms with Crippen LogP contribution < -0.4 is 0 Å². The van der Waals surface area contributed by atoms with Crippen LogP contribution in [0.15, 0.2) is 0 Å². The molecule has 0 amide bonds. The van der Waals surface area contributed by atoms with Crippen molar-refractivity contribution < 1.29 is 19.1 Å². The van der Waals surface area contributed by atoms with Gasteiger partial charge >= 0.3 is 11.9 Å². The lowest BCUT2D eigenvalue weighted by Gasteiger charge is -2.22. The molecule has 0 aromatic heterocycles. The zero-order chi connectivity index (χ0) is 19.8. The molecule has 0 heterocycles. The molecule has 0 spiro atoms. The average molecular weight is 371 g/mol. The van der Waals surface area contributed by atoms with Crippen molar-refractivity contribution in [1.29, 1.82) is 0 Å². The van der Waals surface area contributed by atoms with E-state index in [0.717, 1.165) is 70.6 Å². The van der Waals surface area contributed by atoms with E-state index in [9.17, 15) is 9.59 Å². The van der Waals surface area contributed by atoms with Gasteiger partial charge in [-0.1, -0.05) is 66.7 Å². The first-order chi connectivity index (χ1) is 12.5. The Labute approximate surface area is 161 Å². The Balaban J connectivity index is 4.62. The van der Waals surface area contributed by atoms with E-state index in [-0.39, 0.29) is 36.5 Å². The van der Waals surface area contributed by atoms with E-state index in [1.807, 2.05) is 13.8 Å². The van der Waals surface area contributed by atoms with Gasteiger partial charge in [0.2, 0.25) is 0 Å². The quantitative estimate of drug-likeness (QED) is 0.310. The van der Waals surface area contributed by atoms with Crippen molar-refractivity contribution in [3.8, 4) is 0 Å². The molecule has 0 N–H and O–H groups in total. The molecule has 4 nitrogen and oxygen atoms in total. The molecule has 3 atom stereocenters. The normalized spacial score (nSPS) is 14.5. The highest BCUT2D eigenvalue weighted by atomic mass is 16.6. The molecule has 0 aromatic rings. The van der Waals surface area contributed by atoms with Gasteiger partial charge in [-0.05, 0) is 38.5 Å². The van der Waals surface area contributed by atoms with Crippen LogP contribution >= 0.6 is 0 Å². The molecule has 0 aromatic carbocycles. The minimum atomic E-state index is -0.314. The fraction of sp³-hybridized carbons (Fsp3) is 0.909. The van der Waals surface area contributed by atoms with Gasteiger partial charge in [-0.3, -0.25) is 9.59 Å². The average Bonchev–Trinajstić information content (AvgIpc) is 2.65. The van der Waals surface area contributed by atoms with Gasteiger partial charge in [0, 0.05) is 0 Å². The Kier molecular flexibility index (Phi) is 15.5. The second-order valence-electron chi connectivity index (χ2n) is 7.33. The summed E-state index contributed by atoms with van der Waals surface area (Å²) in [6.07, 6.45) is 10.0. The molecular formula is C22H42O4. The van der Waals surface area contributed by atoms with Gasteiger partial charge in [-0.2, -0.15) is 0 Å². The van der Waals surface area contributed by atoms with E-state index in [0.29, 0.717) is 0 Å². The second-order valence-corrected chi connectivity index (χ2v) is 7.33. The fourth-order valence-electron chi connectivity index (χ4n) is 3.04. The standard InChI is InChI=1S/C22H42O4/c1-6-11-14-18(9-4)21(23)25-17-20(16-13-8-3)26-22(24)19(10-5)15-12-7-2/h18-20H,6-17H2,1-5H3. The van der Waals surface area contributed by atoms with E-state index in [4.69, 9.17) is 9.47 Å². The largest absolute Gasteiger partial charge is 0.462 e. The monoisotopic (exact) mass is 370 g/mol. The van der Waals surface area contributed by atoms with Crippen molar-refractivity contribution in [1.82, 2.24) is 0 Å². The molecule has 0 radical (unpaired) electrons. The summed E-state index contributed by atoms with van der Waals surface area (Å²) in [4.78, 5) is 24.8. The molecular weight excluding hydrogens is 328 g/mol. The van der Waals surface area contributed by atoms with E-state index >= 15 is 0 Å². The van der Waals surface area contributed by atoms with Gasteiger partial charge in [0.25, 0.3) is 0 Å². The van der Waals surface area contributed by atoms with Crippen molar-refractivity contribution >= 4 is 11.9 Å². The van der Waals surface area contributed by atoms with Crippen molar-refractivity contribution in [3.63, 3.8) is 0 Å². The molecule has 0 aliphatic carbocycles. The van der Waals surface area contributed by atoms with E-state index in [2.05, 4.69) is 20.8 Å². The summed E-state index contributed by atoms with van der Waals surface area (Å²) in [6.45, 7) is 10.6. The molecule has 0 aliphatic heterocycles. The van der Waals surface area contributed by atoms with Crippen LogP contribution in [-0.2, 0) is 19.1 Å². The van der Waals surface area contributed by atoms with Gasteiger partial charge in [0.05, 0.1) is 11.8 Å². The zero-order valence-corrected chi connectivity index (χ0v) is 17.9. The number of hydrogen-bond acceptors (Lipinski definition) is 4. The van der Waals surface area contributed by atoms with Crippen LogP contribution in [0, 0.1) is 11.8 Å². The van der Waals surface area contributed by atoms with Crippen molar-refractivity contribution in [2.24, 2.45) is 11.8 Å². The molecule has 4 heteroatoms.